The molecule has 19 heavy (non-hydrogen) atoms. The highest BCUT2D eigenvalue weighted by atomic mass is 16.5. The maximum atomic E-state index is 5.20. The maximum Gasteiger partial charge on any atom is 0.160 e. The zero-order valence-electron chi connectivity index (χ0n) is 11.5. The maximum absolute atomic E-state index is 5.20. The van der Waals surface area contributed by atoms with Gasteiger partial charge in [0.15, 0.2) is 5.65 Å². The molecule has 3 rings (SSSR count). The number of pyridine rings is 1. The predicted octanol–water partition coefficient (Wildman–Crippen LogP) is 1.50. The first kappa shape index (κ1) is 12.6. The average Bonchev–Trinajstić information content (AvgIpc) is 2.99. The Morgan fingerprint density at radius 3 is 3.11 bits per heavy atom. The molecule has 102 valence electrons. The van der Waals surface area contributed by atoms with Crippen LogP contribution in [-0.4, -0.2) is 53.3 Å². The summed E-state index contributed by atoms with van der Waals surface area (Å²) in [4.78, 5) is 11.6. The monoisotopic (exact) mass is 260 g/mol. The third-order valence-corrected chi connectivity index (χ3v) is 3.78. The van der Waals surface area contributed by atoms with Gasteiger partial charge in [-0.1, -0.05) is 0 Å². The fourth-order valence-electron chi connectivity index (χ4n) is 2.85. The van der Waals surface area contributed by atoms with Crippen LogP contribution < -0.4 is 0 Å². The summed E-state index contributed by atoms with van der Waals surface area (Å²) in [6, 6.07) is 4.46. The van der Waals surface area contributed by atoms with Crippen molar-refractivity contribution in [1.82, 2.24) is 19.4 Å². The molecule has 1 unspecified atom stereocenters. The van der Waals surface area contributed by atoms with E-state index in [0.717, 1.165) is 36.5 Å². The molecule has 1 saturated heterocycles. The third kappa shape index (κ3) is 2.35. The molecule has 0 spiro atoms. The van der Waals surface area contributed by atoms with Crippen molar-refractivity contribution in [3.8, 4) is 0 Å². The molecular weight excluding hydrogens is 240 g/mol. The molecule has 0 aliphatic carbocycles. The van der Waals surface area contributed by atoms with Crippen molar-refractivity contribution in [2.75, 3.05) is 33.9 Å². The first-order valence-electron chi connectivity index (χ1n) is 6.79. The number of hydrogen-bond acceptors (Lipinski definition) is 4. The van der Waals surface area contributed by atoms with Gasteiger partial charge in [-0.2, -0.15) is 0 Å². The summed E-state index contributed by atoms with van der Waals surface area (Å²) in [5.74, 6) is 1.09. The molecule has 1 fully saturated rings. The SMILES string of the molecule is COCCc1nc2cccnc2n1C1CCN(C)C1. The molecule has 1 aliphatic heterocycles. The van der Waals surface area contributed by atoms with Crippen LogP contribution in [0.3, 0.4) is 0 Å². The van der Waals surface area contributed by atoms with E-state index in [1.54, 1.807) is 7.11 Å². The summed E-state index contributed by atoms with van der Waals surface area (Å²) in [7, 11) is 3.90. The Morgan fingerprint density at radius 2 is 2.37 bits per heavy atom. The van der Waals surface area contributed by atoms with Crippen LogP contribution in [0.1, 0.15) is 18.3 Å². The van der Waals surface area contributed by atoms with Crippen molar-refractivity contribution < 1.29 is 4.74 Å². The Labute approximate surface area is 113 Å². The number of likely N-dealkylation sites (tertiary alicyclic amines) is 1. The van der Waals surface area contributed by atoms with Crippen LogP contribution in [-0.2, 0) is 11.2 Å². The van der Waals surface area contributed by atoms with Gasteiger partial charge in [0.1, 0.15) is 11.3 Å². The molecule has 0 aromatic carbocycles. The summed E-state index contributed by atoms with van der Waals surface area (Å²) in [6.45, 7) is 2.91. The molecule has 5 heteroatoms. The first-order valence-corrected chi connectivity index (χ1v) is 6.79. The molecule has 0 saturated carbocycles. The van der Waals surface area contributed by atoms with E-state index in [0.29, 0.717) is 12.6 Å². The highest BCUT2D eigenvalue weighted by Gasteiger charge is 2.25. The zero-order valence-corrected chi connectivity index (χ0v) is 11.5. The van der Waals surface area contributed by atoms with E-state index >= 15 is 0 Å². The van der Waals surface area contributed by atoms with Gasteiger partial charge in [0.2, 0.25) is 0 Å². The lowest BCUT2D eigenvalue weighted by molar-refractivity contribution is 0.199. The second-order valence-electron chi connectivity index (χ2n) is 5.19. The molecule has 0 radical (unpaired) electrons. The van der Waals surface area contributed by atoms with Gasteiger partial charge >= 0.3 is 0 Å². The number of rotatable bonds is 4. The van der Waals surface area contributed by atoms with Gasteiger partial charge in [0.05, 0.1) is 12.6 Å². The van der Waals surface area contributed by atoms with Crippen LogP contribution >= 0.6 is 0 Å². The number of aromatic nitrogens is 3. The number of ether oxygens (including phenoxy) is 1. The molecular formula is C14H20N4O. The minimum absolute atomic E-state index is 0.483. The van der Waals surface area contributed by atoms with Crippen molar-refractivity contribution in [2.45, 2.75) is 18.9 Å². The molecule has 0 bridgehead atoms. The summed E-state index contributed by atoms with van der Waals surface area (Å²) >= 11 is 0. The topological polar surface area (TPSA) is 43.2 Å². The van der Waals surface area contributed by atoms with E-state index in [-0.39, 0.29) is 0 Å². The molecule has 3 heterocycles. The van der Waals surface area contributed by atoms with E-state index < -0.39 is 0 Å². The van der Waals surface area contributed by atoms with Crippen LogP contribution in [0, 0.1) is 0 Å². The second kappa shape index (κ2) is 5.27. The molecule has 2 aromatic heterocycles. The molecule has 2 aromatic rings. The third-order valence-electron chi connectivity index (χ3n) is 3.78. The number of fused-ring (bicyclic) bond motifs is 1. The quantitative estimate of drug-likeness (QED) is 0.835. The number of methoxy groups -OCH3 is 1. The Kier molecular flexibility index (Phi) is 3.48. The fourth-order valence-corrected chi connectivity index (χ4v) is 2.85. The second-order valence-corrected chi connectivity index (χ2v) is 5.19. The van der Waals surface area contributed by atoms with Crippen LogP contribution in [0.5, 0.6) is 0 Å². The van der Waals surface area contributed by atoms with E-state index in [1.165, 1.54) is 6.42 Å². The van der Waals surface area contributed by atoms with Gasteiger partial charge in [-0.25, -0.2) is 9.97 Å². The highest BCUT2D eigenvalue weighted by Crippen LogP contribution is 2.26. The zero-order chi connectivity index (χ0) is 13.2. The molecule has 1 aliphatic rings. The number of nitrogens with zero attached hydrogens (tertiary/aromatic N) is 4. The predicted molar refractivity (Wildman–Crippen MR) is 74.3 cm³/mol. The Bertz CT molecular complexity index is 566. The van der Waals surface area contributed by atoms with Gasteiger partial charge in [-0.15, -0.1) is 0 Å². The average molecular weight is 260 g/mol. The van der Waals surface area contributed by atoms with Crippen molar-refractivity contribution in [3.05, 3.63) is 24.2 Å². The lowest BCUT2D eigenvalue weighted by atomic mass is 10.2. The lowest BCUT2D eigenvalue weighted by Gasteiger charge is -2.16. The smallest absolute Gasteiger partial charge is 0.160 e. The van der Waals surface area contributed by atoms with Crippen molar-refractivity contribution in [2.24, 2.45) is 0 Å². The molecule has 5 nitrogen and oxygen atoms in total. The molecule has 1 atom stereocenters. The fraction of sp³-hybridized carbons (Fsp3) is 0.571. The number of likely N-dealkylation sites (N-methyl/N-ethyl adjacent to an activating group) is 1. The largest absolute Gasteiger partial charge is 0.384 e. The van der Waals surface area contributed by atoms with Gasteiger partial charge in [-0.05, 0) is 32.1 Å². The van der Waals surface area contributed by atoms with E-state index in [4.69, 9.17) is 9.72 Å². The normalized spacial score (nSPS) is 20.4. The minimum atomic E-state index is 0.483. The first-order chi connectivity index (χ1) is 9.29. The summed E-state index contributed by atoms with van der Waals surface area (Å²) in [5.41, 5.74) is 2.00. The molecule has 0 amide bonds. The minimum Gasteiger partial charge on any atom is -0.384 e. The number of hydrogen-bond donors (Lipinski definition) is 0. The van der Waals surface area contributed by atoms with E-state index in [2.05, 4.69) is 21.5 Å². The van der Waals surface area contributed by atoms with Gasteiger partial charge in [-0.3, -0.25) is 0 Å². The van der Waals surface area contributed by atoms with Crippen molar-refractivity contribution >= 4 is 11.2 Å². The van der Waals surface area contributed by atoms with Crippen LogP contribution in [0.4, 0.5) is 0 Å². The Hall–Kier alpha value is -1.46. The van der Waals surface area contributed by atoms with Crippen LogP contribution in [0.2, 0.25) is 0 Å². The summed E-state index contributed by atoms with van der Waals surface area (Å²) in [5, 5.41) is 0. The highest BCUT2D eigenvalue weighted by molar-refractivity contribution is 5.71. The van der Waals surface area contributed by atoms with Gasteiger partial charge < -0.3 is 14.2 Å². The Morgan fingerprint density at radius 1 is 1.47 bits per heavy atom. The standard InChI is InChI=1S/C14H20N4O/c1-17-8-5-11(10-17)18-13(6-9-19-2)16-12-4-3-7-15-14(12)18/h3-4,7,11H,5-6,8-10H2,1-2H3. The van der Waals surface area contributed by atoms with Crippen molar-refractivity contribution in [1.29, 1.82) is 0 Å². The number of imidazole rings is 1. The van der Waals surface area contributed by atoms with Crippen LogP contribution in [0.25, 0.3) is 11.2 Å². The van der Waals surface area contributed by atoms with E-state index in [9.17, 15) is 0 Å². The van der Waals surface area contributed by atoms with Crippen LogP contribution in [0.15, 0.2) is 18.3 Å². The van der Waals surface area contributed by atoms with Crippen molar-refractivity contribution in [3.63, 3.8) is 0 Å². The summed E-state index contributed by atoms with van der Waals surface area (Å²) in [6.07, 6.45) is 3.85. The lowest BCUT2D eigenvalue weighted by Crippen LogP contribution is -2.18. The van der Waals surface area contributed by atoms with Gasteiger partial charge in [0, 0.05) is 26.3 Å². The Balaban J connectivity index is 2.02. The summed E-state index contributed by atoms with van der Waals surface area (Å²) < 4.78 is 7.51. The van der Waals surface area contributed by atoms with Gasteiger partial charge in [0.25, 0.3) is 0 Å². The molecule has 0 N–H and O–H groups in total. The van der Waals surface area contributed by atoms with E-state index in [1.807, 2.05) is 18.3 Å².